The van der Waals surface area contributed by atoms with Crippen LogP contribution >= 0.6 is 15.9 Å². The van der Waals surface area contributed by atoms with Gasteiger partial charge in [0, 0.05) is 17.1 Å². The maximum absolute atomic E-state index is 12.0. The second-order valence-electron chi connectivity index (χ2n) is 9.48. The number of fused-ring (bicyclic) bond motifs is 1. The number of hydrogen-bond acceptors (Lipinski definition) is 5. The Morgan fingerprint density at radius 2 is 1.97 bits per heavy atom. The highest BCUT2D eigenvalue weighted by atomic mass is 79.9. The van der Waals surface area contributed by atoms with Crippen molar-refractivity contribution in [3.63, 3.8) is 0 Å². The Bertz CT molecular complexity index is 909. The fourth-order valence-electron chi connectivity index (χ4n) is 4.30. The van der Waals surface area contributed by atoms with Gasteiger partial charge in [0.25, 0.3) is 0 Å². The molecule has 31 heavy (non-hydrogen) atoms. The molecule has 2 heterocycles. The third kappa shape index (κ3) is 5.71. The number of alkyl carbamates (subject to hydrolysis) is 1. The Hall–Kier alpha value is -1.80. The maximum Gasteiger partial charge on any atom is 0.407 e. The van der Waals surface area contributed by atoms with Gasteiger partial charge in [0.05, 0.1) is 23.2 Å². The Labute approximate surface area is 191 Å². The van der Waals surface area contributed by atoms with Gasteiger partial charge < -0.3 is 19.5 Å². The highest BCUT2D eigenvalue weighted by Gasteiger charge is 2.27. The van der Waals surface area contributed by atoms with E-state index in [-0.39, 0.29) is 24.5 Å². The molecule has 1 aliphatic carbocycles. The van der Waals surface area contributed by atoms with Gasteiger partial charge in [-0.2, -0.15) is 5.10 Å². The highest BCUT2D eigenvalue weighted by molar-refractivity contribution is 9.10. The summed E-state index contributed by atoms with van der Waals surface area (Å²) >= 11 is 3.63. The molecule has 0 radical (unpaired) electrons. The van der Waals surface area contributed by atoms with Crippen molar-refractivity contribution in [3.05, 3.63) is 22.8 Å². The molecule has 2 fully saturated rings. The first-order valence-electron chi connectivity index (χ1n) is 11.2. The van der Waals surface area contributed by atoms with Crippen LogP contribution in [0.25, 0.3) is 10.9 Å². The van der Waals surface area contributed by atoms with Gasteiger partial charge in [0.1, 0.15) is 11.4 Å². The predicted octanol–water partition coefficient (Wildman–Crippen LogP) is 5.71. The molecule has 170 valence electrons. The molecule has 1 amide bonds. The summed E-state index contributed by atoms with van der Waals surface area (Å²) in [6.45, 7) is 6.40. The second-order valence-corrected chi connectivity index (χ2v) is 10.4. The summed E-state index contributed by atoms with van der Waals surface area (Å²) in [5.74, 6) is 0.843. The number of ether oxygens (including phenoxy) is 3. The number of halogens is 1. The van der Waals surface area contributed by atoms with Gasteiger partial charge in [-0.05, 0) is 77.8 Å². The molecule has 1 N–H and O–H groups in total. The number of amides is 1. The van der Waals surface area contributed by atoms with Crippen molar-refractivity contribution in [2.75, 3.05) is 6.61 Å². The Balaban J connectivity index is 1.39. The zero-order valence-corrected chi connectivity index (χ0v) is 20.1. The molecule has 1 saturated carbocycles. The molecule has 1 aromatic carbocycles. The summed E-state index contributed by atoms with van der Waals surface area (Å²) in [5.41, 5.74) is 0.542. The van der Waals surface area contributed by atoms with Crippen LogP contribution in [0.3, 0.4) is 0 Å². The molecule has 4 rings (SSSR count). The van der Waals surface area contributed by atoms with Crippen molar-refractivity contribution in [1.29, 1.82) is 0 Å². The monoisotopic (exact) mass is 493 g/mol. The van der Waals surface area contributed by atoms with E-state index < -0.39 is 5.60 Å². The summed E-state index contributed by atoms with van der Waals surface area (Å²) in [6, 6.07) is 4.22. The van der Waals surface area contributed by atoms with E-state index in [2.05, 4.69) is 32.4 Å². The first kappa shape index (κ1) is 22.4. The van der Waals surface area contributed by atoms with Gasteiger partial charge in [0.2, 0.25) is 0 Å². The van der Waals surface area contributed by atoms with Gasteiger partial charge >= 0.3 is 6.09 Å². The first-order valence-corrected chi connectivity index (χ1v) is 12.0. The van der Waals surface area contributed by atoms with Gasteiger partial charge in [-0.25, -0.2) is 9.48 Å². The molecule has 2 aliphatic rings. The minimum absolute atomic E-state index is 0.0113. The quantitative estimate of drug-likeness (QED) is 0.589. The summed E-state index contributed by atoms with van der Waals surface area (Å²) < 4.78 is 20.7. The van der Waals surface area contributed by atoms with E-state index in [0.717, 1.165) is 72.7 Å². The van der Waals surface area contributed by atoms with E-state index >= 15 is 0 Å². The lowest BCUT2D eigenvalue weighted by atomic mass is 9.93. The predicted molar refractivity (Wildman–Crippen MR) is 122 cm³/mol. The lowest BCUT2D eigenvalue weighted by molar-refractivity contribution is -0.0366. The zero-order chi connectivity index (χ0) is 22.0. The average molecular weight is 494 g/mol. The highest BCUT2D eigenvalue weighted by Crippen LogP contribution is 2.35. The number of carbonyl (C=O) groups is 1. The Kier molecular flexibility index (Phi) is 6.77. The number of nitrogens with one attached hydrogen (secondary N) is 1. The zero-order valence-electron chi connectivity index (χ0n) is 18.5. The van der Waals surface area contributed by atoms with E-state index in [1.165, 1.54) is 0 Å². The smallest absolute Gasteiger partial charge is 0.407 e. The van der Waals surface area contributed by atoms with Crippen molar-refractivity contribution in [2.24, 2.45) is 0 Å². The number of nitrogens with zero attached hydrogens (tertiary/aromatic N) is 2. The van der Waals surface area contributed by atoms with Crippen LogP contribution in [0.15, 0.2) is 22.8 Å². The van der Waals surface area contributed by atoms with Crippen LogP contribution in [0.5, 0.6) is 5.75 Å². The molecule has 2 aromatic rings. The molecular formula is C23H32BrN3O4. The topological polar surface area (TPSA) is 74.6 Å². The van der Waals surface area contributed by atoms with Crippen LogP contribution in [0.1, 0.15) is 71.9 Å². The van der Waals surface area contributed by atoms with Crippen LogP contribution < -0.4 is 10.1 Å². The molecule has 1 saturated heterocycles. The Morgan fingerprint density at radius 1 is 1.19 bits per heavy atom. The third-order valence-corrected chi connectivity index (χ3v) is 6.22. The number of hydrogen-bond donors (Lipinski definition) is 1. The van der Waals surface area contributed by atoms with Gasteiger partial charge in [-0.15, -0.1) is 0 Å². The van der Waals surface area contributed by atoms with Crippen molar-refractivity contribution < 1.29 is 19.0 Å². The standard InChI is InChI=1S/C23H32BrN3O4/c1-23(2,3)31-22(28)26-16-7-9-17(10-8-16)30-20-13-15(24)12-19-18(20)14-25-27(19)21-6-4-5-11-29-21/h12-14,16-17,21H,4-11H2,1-3H3,(H,26,28)/t16-,17+,21?. The normalized spacial score (nSPS) is 24.7. The molecule has 1 unspecified atom stereocenters. The SMILES string of the molecule is CC(C)(C)OC(=O)N[C@H]1CC[C@@H](Oc2cc(Br)cc3c2cnn3C2CCCCO2)CC1. The van der Waals surface area contributed by atoms with E-state index in [4.69, 9.17) is 14.2 Å². The average Bonchev–Trinajstić information content (AvgIpc) is 3.12. The largest absolute Gasteiger partial charge is 0.490 e. The summed E-state index contributed by atoms with van der Waals surface area (Å²) in [6.07, 6.45) is 8.39. The molecule has 8 heteroatoms. The molecule has 1 atom stereocenters. The van der Waals surface area contributed by atoms with Gasteiger partial charge in [-0.1, -0.05) is 15.9 Å². The van der Waals surface area contributed by atoms with Gasteiger partial charge in [0.15, 0.2) is 6.23 Å². The molecule has 1 aromatic heterocycles. The van der Waals surface area contributed by atoms with Gasteiger partial charge in [-0.3, -0.25) is 0 Å². The van der Waals surface area contributed by atoms with Crippen molar-refractivity contribution in [1.82, 2.24) is 15.1 Å². The maximum atomic E-state index is 12.0. The molecule has 7 nitrogen and oxygen atoms in total. The van der Waals surface area contributed by atoms with E-state index in [1.807, 2.05) is 37.7 Å². The lowest BCUT2D eigenvalue weighted by Gasteiger charge is -2.30. The number of rotatable bonds is 4. The van der Waals surface area contributed by atoms with Crippen LogP contribution in [-0.4, -0.2) is 40.2 Å². The van der Waals surface area contributed by atoms with Crippen LogP contribution in [0.2, 0.25) is 0 Å². The summed E-state index contributed by atoms with van der Waals surface area (Å²) in [7, 11) is 0. The molecular weight excluding hydrogens is 462 g/mol. The van der Waals surface area contributed by atoms with Crippen molar-refractivity contribution in [2.45, 2.75) is 89.7 Å². The fourth-order valence-corrected chi connectivity index (χ4v) is 4.73. The number of carbonyl (C=O) groups excluding carboxylic acids is 1. The summed E-state index contributed by atoms with van der Waals surface area (Å²) in [5, 5.41) is 8.61. The fraction of sp³-hybridized carbons (Fsp3) is 0.652. The van der Waals surface area contributed by atoms with Crippen molar-refractivity contribution in [3.8, 4) is 5.75 Å². The number of benzene rings is 1. The second kappa shape index (κ2) is 9.36. The van der Waals surface area contributed by atoms with Crippen molar-refractivity contribution >= 4 is 32.9 Å². The minimum Gasteiger partial charge on any atom is -0.490 e. The number of aromatic nitrogens is 2. The molecule has 0 bridgehead atoms. The molecule has 0 spiro atoms. The Morgan fingerprint density at radius 3 is 2.65 bits per heavy atom. The van der Waals surface area contributed by atoms with Crippen LogP contribution in [0.4, 0.5) is 4.79 Å². The lowest BCUT2D eigenvalue weighted by Crippen LogP contribution is -2.42. The minimum atomic E-state index is -0.483. The molecule has 1 aliphatic heterocycles. The van der Waals surface area contributed by atoms with E-state index in [1.54, 1.807) is 0 Å². The van der Waals surface area contributed by atoms with Crippen LogP contribution in [-0.2, 0) is 9.47 Å². The third-order valence-electron chi connectivity index (χ3n) is 5.76. The van der Waals surface area contributed by atoms with E-state index in [0.29, 0.717) is 0 Å². The van der Waals surface area contributed by atoms with E-state index in [9.17, 15) is 4.79 Å². The van der Waals surface area contributed by atoms with Crippen LogP contribution in [0, 0.1) is 0 Å². The first-order chi connectivity index (χ1) is 14.8. The summed E-state index contributed by atoms with van der Waals surface area (Å²) in [4.78, 5) is 12.0.